The molecule has 0 aromatic rings. The largest absolute Gasteiger partial charge is 0.465 e. The molecule has 1 heterocycles. The lowest BCUT2D eigenvalue weighted by molar-refractivity contribution is -0.146. The molecule has 0 radical (unpaired) electrons. The van der Waals surface area contributed by atoms with Crippen LogP contribution in [0.2, 0.25) is 0 Å². The third-order valence-corrected chi connectivity index (χ3v) is 4.99. The van der Waals surface area contributed by atoms with Gasteiger partial charge in [0, 0.05) is 12.6 Å². The summed E-state index contributed by atoms with van der Waals surface area (Å²) in [7, 11) is 0. The van der Waals surface area contributed by atoms with E-state index in [2.05, 4.69) is 17.1 Å². The molecule has 1 aliphatic heterocycles. The maximum atomic E-state index is 12.2. The molecule has 2 aliphatic rings. The van der Waals surface area contributed by atoms with Gasteiger partial charge < -0.3 is 10.1 Å². The van der Waals surface area contributed by atoms with Crippen LogP contribution in [-0.4, -0.2) is 49.2 Å². The van der Waals surface area contributed by atoms with Crippen molar-refractivity contribution in [1.29, 1.82) is 0 Å². The molecule has 0 spiro atoms. The number of esters is 1. The van der Waals surface area contributed by atoms with Gasteiger partial charge in [-0.15, -0.1) is 0 Å². The van der Waals surface area contributed by atoms with E-state index in [0.29, 0.717) is 12.6 Å². The van der Waals surface area contributed by atoms with E-state index >= 15 is 0 Å². The number of nitrogens with one attached hydrogen (secondary N) is 1. The van der Waals surface area contributed by atoms with Crippen LogP contribution >= 0.6 is 0 Å². The van der Waals surface area contributed by atoms with Crippen LogP contribution in [0.25, 0.3) is 0 Å². The molecule has 1 N–H and O–H groups in total. The smallest absolute Gasteiger partial charge is 0.324 e. The Morgan fingerprint density at radius 2 is 2.00 bits per heavy atom. The minimum atomic E-state index is -0.160. The molecule has 1 aliphatic carbocycles. The first-order valence-corrected chi connectivity index (χ1v) is 8.90. The van der Waals surface area contributed by atoms with E-state index < -0.39 is 0 Å². The van der Waals surface area contributed by atoms with Gasteiger partial charge in [0.2, 0.25) is 0 Å². The van der Waals surface area contributed by atoms with Gasteiger partial charge >= 0.3 is 5.97 Å². The fourth-order valence-corrected chi connectivity index (χ4v) is 3.97. The van der Waals surface area contributed by atoms with Crippen LogP contribution < -0.4 is 5.32 Å². The number of carbonyl (C=O) groups is 1. The summed E-state index contributed by atoms with van der Waals surface area (Å²) >= 11 is 0. The fraction of sp³-hybridized carbons (Fsp3) is 0.941. The van der Waals surface area contributed by atoms with E-state index in [4.69, 9.17) is 4.74 Å². The van der Waals surface area contributed by atoms with Crippen LogP contribution in [0.3, 0.4) is 0 Å². The maximum absolute atomic E-state index is 12.2. The van der Waals surface area contributed by atoms with Crippen LogP contribution in [0, 0.1) is 5.92 Å². The molecule has 0 aromatic carbocycles. The topological polar surface area (TPSA) is 41.6 Å². The Morgan fingerprint density at radius 3 is 2.67 bits per heavy atom. The number of hydrogen-bond donors (Lipinski definition) is 1. The molecule has 2 unspecified atom stereocenters. The van der Waals surface area contributed by atoms with Crippen molar-refractivity contribution in [3.05, 3.63) is 0 Å². The molecule has 2 atom stereocenters. The van der Waals surface area contributed by atoms with Crippen molar-refractivity contribution in [2.75, 3.05) is 26.2 Å². The monoisotopic (exact) mass is 296 g/mol. The van der Waals surface area contributed by atoms with Gasteiger partial charge in [-0.3, -0.25) is 9.69 Å². The molecule has 0 bridgehead atoms. The summed E-state index contributed by atoms with van der Waals surface area (Å²) in [5.41, 5.74) is 0. The Labute approximate surface area is 129 Å². The van der Waals surface area contributed by atoms with Crippen LogP contribution in [0.4, 0.5) is 0 Å². The summed E-state index contributed by atoms with van der Waals surface area (Å²) in [4.78, 5) is 14.7. The van der Waals surface area contributed by atoms with Crippen molar-refractivity contribution in [3.63, 3.8) is 0 Å². The molecule has 122 valence electrons. The molecule has 21 heavy (non-hydrogen) atoms. The van der Waals surface area contributed by atoms with Crippen molar-refractivity contribution in [3.8, 4) is 0 Å². The van der Waals surface area contributed by atoms with Crippen LogP contribution in [-0.2, 0) is 9.53 Å². The molecule has 0 amide bonds. The number of hydrogen-bond acceptors (Lipinski definition) is 4. The number of likely N-dealkylation sites (tertiary alicyclic amines) is 1. The van der Waals surface area contributed by atoms with Gasteiger partial charge in [0.05, 0.1) is 6.61 Å². The minimum Gasteiger partial charge on any atom is -0.465 e. The third-order valence-electron chi connectivity index (χ3n) is 4.99. The highest BCUT2D eigenvalue weighted by Crippen LogP contribution is 2.35. The Kier molecular flexibility index (Phi) is 6.97. The number of carbonyl (C=O) groups excluding carboxylic acids is 1. The average molecular weight is 296 g/mol. The second kappa shape index (κ2) is 8.74. The van der Waals surface area contributed by atoms with Crippen molar-refractivity contribution in [1.82, 2.24) is 10.2 Å². The summed E-state index contributed by atoms with van der Waals surface area (Å²) < 4.78 is 5.24. The van der Waals surface area contributed by atoms with Gasteiger partial charge in [0.1, 0.15) is 6.04 Å². The molecule has 1 saturated heterocycles. The highest BCUT2D eigenvalue weighted by Gasteiger charge is 2.35. The van der Waals surface area contributed by atoms with Gasteiger partial charge in [0.15, 0.2) is 0 Å². The SMILES string of the molecule is CCCNC(CN1CCCC1C1CCCC1)C(=O)OCC. The second-order valence-electron chi connectivity index (χ2n) is 6.51. The molecule has 4 nitrogen and oxygen atoms in total. The van der Waals surface area contributed by atoms with E-state index in [1.54, 1.807) is 0 Å². The summed E-state index contributed by atoms with van der Waals surface area (Å²) in [6.07, 6.45) is 9.19. The number of ether oxygens (including phenoxy) is 1. The van der Waals surface area contributed by atoms with Gasteiger partial charge in [0.25, 0.3) is 0 Å². The quantitative estimate of drug-likeness (QED) is 0.699. The van der Waals surface area contributed by atoms with E-state index in [0.717, 1.165) is 32.0 Å². The van der Waals surface area contributed by atoms with Crippen LogP contribution in [0.5, 0.6) is 0 Å². The first-order valence-electron chi connectivity index (χ1n) is 8.90. The van der Waals surface area contributed by atoms with Crippen LogP contribution in [0.15, 0.2) is 0 Å². The zero-order valence-corrected chi connectivity index (χ0v) is 13.8. The van der Waals surface area contributed by atoms with Crippen LogP contribution in [0.1, 0.15) is 58.8 Å². The Hall–Kier alpha value is -0.610. The van der Waals surface area contributed by atoms with Crippen molar-refractivity contribution < 1.29 is 9.53 Å². The molecule has 1 saturated carbocycles. The van der Waals surface area contributed by atoms with Gasteiger partial charge in [-0.1, -0.05) is 19.8 Å². The van der Waals surface area contributed by atoms with Gasteiger partial charge in [-0.2, -0.15) is 0 Å². The van der Waals surface area contributed by atoms with Gasteiger partial charge in [-0.05, 0) is 58.0 Å². The zero-order valence-electron chi connectivity index (χ0n) is 13.8. The predicted molar refractivity (Wildman–Crippen MR) is 85.3 cm³/mol. The molecule has 2 rings (SSSR count). The minimum absolute atomic E-state index is 0.0805. The molecule has 0 aromatic heterocycles. The molecular weight excluding hydrogens is 264 g/mol. The average Bonchev–Trinajstić information content (AvgIpc) is 3.14. The summed E-state index contributed by atoms with van der Waals surface area (Å²) in [6, 6.07) is 0.541. The summed E-state index contributed by atoms with van der Waals surface area (Å²) in [6.45, 7) is 7.32. The maximum Gasteiger partial charge on any atom is 0.324 e. The van der Waals surface area contributed by atoms with Crippen molar-refractivity contribution >= 4 is 5.97 Å². The fourth-order valence-electron chi connectivity index (χ4n) is 3.97. The van der Waals surface area contributed by atoms with E-state index in [9.17, 15) is 4.79 Å². The zero-order chi connectivity index (χ0) is 15.1. The summed E-state index contributed by atoms with van der Waals surface area (Å²) in [5, 5.41) is 3.38. The lowest BCUT2D eigenvalue weighted by atomic mass is 9.96. The highest BCUT2D eigenvalue weighted by molar-refractivity contribution is 5.76. The highest BCUT2D eigenvalue weighted by atomic mass is 16.5. The number of nitrogens with zero attached hydrogens (tertiary/aromatic N) is 1. The first kappa shape index (κ1) is 16.8. The number of rotatable bonds is 8. The normalized spacial score (nSPS) is 25.3. The van der Waals surface area contributed by atoms with Crippen molar-refractivity contribution in [2.24, 2.45) is 5.92 Å². The Balaban J connectivity index is 1.91. The van der Waals surface area contributed by atoms with Crippen molar-refractivity contribution in [2.45, 2.75) is 70.9 Å². The van der Waals surface area contributed by atoms with E-state index in [1.807, 2.05) is 6.92 Å². The molecule has 4 heteroatoms. The second-order valence-corrected chi connectivity index (χ2v) is 6.51. The first-order chi connectivity index (χ1) is 10.3. The predicted octanol–water partition coefficient (Wildman–Crippen LogP) is 2.57. The van der Waals surface area contributed by atoms with E-state index in [-0.39, 0.29) is 12.0 Å². The summed E-state index contributed by atoms with van der Waals surface area (Å²) in [5.74, 6) is 0.782. The van der Waals surface area contributed by atoms with E-state index in [1.165, 1.54) is 38.5 Å². The lowest BCUT2D eigenvalue weighted by Crippen LogP contribution is -2.49. The molecule has 2 fully saturated rings. The lowest BCUT2D eigenvalue weighted by Gasteiger charge is -2.32. The molecular formula is C17H32N2O2. The Bertz CT molecular complexity index is 316. The third kappa shape index (κ3) is 4.68. The Morgan fingerprint density at radius 1 is 1.24 bits per heavy atom. The standard InChI is InChI=1S/C17H32N2O2/c1-3-11-18-15(17(20)21-4-2)13-19-12-7-10-16(19)14-8-5-6-9-14/h14-16,18H,3-13H2,1-2H3. The van der Waals surface area contributed by atoms with Gasteiger partial charge in [-0.25, -0.2) is 0 Å².